The summed E-state index contributed by atoms with van der Waals surface area (Å²) in [7, 11) is 0. The molecule has 6 nitrogen and oxygen atoms in total. The summed E-state index contributed by atoms with van der Waals surface area (Å²) in [4.78, 5) is 36.3. The average Bonchev–Trinajstić information content (AvgIpc) is 2.38. The van der Waals surface area contributed by atoms with Crippen molar-refractivity contribution in [2.24, 2.45) is 0 Å². The lowest BCUT2D eigenvalue weighted by Crippen LogP contribution is -2.52. The van der Waals surface area contributed by atoms with Crippen LogP contribution in [0.1, 0.15) is 17.3 Å². The molecule has 1 aromatic rings. The molecule has 1 aliphatic heterocycles. The molecule has 0 bridgehead atoms. The van der Waals surface area contributed by atoms with Crippen molar-refractivity contribution in [1.82, 2.24) is 10.2 Å². The van der Waals surface area contributed by atoms with Crippen molar-refractivity contribution in [1.29, 1.82) is 0 Å². The van der Waals surface area contributed by atoms with E-state index in [9.17, 15) is 14.4 Å². The third-order valence-electron chi connectivity index (χ3n) is 2.87. The van der Waals surface area contributed by atoms with Gasteiger partial charge in [0.2, 0.25) is 11.8 Å². The molecule has 2 rings (SSSR count). The summed E-state index contributed by atoms with van der Waals surface area (Å²) in [6.45, 7) is 2.43. The zero-order chi connectivity index (χ0) is 14.5. The Kier molecular flexibility index (Phi) is 4.47. The molecule has 0 aliphatic carbocycles. The Morgan fingerprint density at radius 1 is 1.25 bits per heavy atom. The molecule has 1 aromatic carbocycles. The number of Topliss-reactive ketones (excluding diaryl/α,β-unsaturated/α-hetero) is 1. The van der Waals surface area contributed by atoms with Crippen LogP contribution in [0.25, 0.3) is 0 Å². The van der Waals surface area contributed by atoms with E-state index in [-0.39, 0.29) is 37.2 Å². The number of para-hydroxylation sites is 1. The summed E-state index contributed by atoms with van der Waals surface area (Å²) < 4.78 is 5.40. The first-order chi connectivity index (χ1) is 9.60. The molecule has 106 valence electrons. The number of rotatable bonds is 5. The predicted molar refractivity (Wildman–Crippen MR) is 71.5 cm³/mol. The van der Waals surface area contributed by atoms with E-state index in [1.54, 1.807) is 24.3 Å². The van der Waals surface area contributed by atoms with Crippen molar-refractivity contribution in [3.8, 4) is 5.75 Å². The molecule has 2 amide bonds. The molecule has 0 atom stereocenters. The molecule has 1 fully saturated rings. The van der Waals surface area contributed by atoms with Crippen LogP contribution in [-0.2, 0) is 9.59 Å². The van der Waals surface area contributed by atoms with Gasteiger partial charge in [-0.3, -0.25) is 24.6 Å². The molecule has 0 aromatic heterocycles. The molecule has 1 N–H and O–H groups in total. The van der Waals surface area contributed by atoms with E-state index >= 15 is 0 Å². The number of carbonyl (C=O) groups is 3. The molecule has 0 radical (unpaired) electrons. The van der Waals surface area contributed by atoms with Crippen molar-refractivity contribution >= 4 is 17.6 Å². The predicted octanol–water partition coefficient (Wildman–Crippen LogP) is 0.226. The summed E-state index contributed by atoms with van der Waals surface area (Å²) in [5.74, 6) is -0.413. The first-order valence-electron chi connectivity index (χ1n) is 6.40. The van der Waals surface area contributed by atoms with Gasteiger partial charge in [0.1, 0.15) is 5.75 Å². The maximum atomic E-state index is 12.3. The van der Waals surface area contributed by atoms with E-state index in [4.69, 9.17) is 4.74 Å². The standard InChI is InChI=1S/C14H16N2O4/c1-2-20-12-6-4-3-5-10(12)11(17)7-16-8-13(18)15-14(19)9-16/h3-6H,2,7-9H2,1H3,(H,15,18,19). The van der Waals surface area contributed by atoms with Crippen LogP contribution >= 0.6 is 0 Å². The summed E-state index contributed by atoms with van der Waals surface area (Å²) in [5, 5.41) is 2.20. The van der Waals surface area contributed by atoms with Crippen LogP contribution in [-0.4, -0.2) is 48.7 Å². The number of carbonyl (C=O) groups excluding carboxylic acids is 3. The summed E-state index contributed by atoms with van der Waals surface area (Å²) >= 11 is 0. The Morgan fingerprint density at radius 2 is 1.90 bits per heavy atom. The number of amides is 2. The number of hydrogen-bond acceptors (Lipinski definition) is 5. The van der Waals surface area contributed by atoms with Crippen molar-refractivity contribution < 1.29 is 19.1 Å². The minimum Gasteiger partial charge on any atom is -0.493 e. The Balaban J connectivity index is 2.08. The maximum absolute atomic E-state index is 12.3. The van der Waals surface area contributed by atoms with E-state index < -0.39 is 0 Å². The van der Waals surface area contributed by atoms with Gasteiger partial charge in [-0.1, -0.05) is 12.1 Å². The smallest absolute Gasteiger partial charge is 0.240 e. The molecule has 1 saturated heterocycles. The van der Waals surface area contributed by atoms with Crippen LogP contribution in [0, 0.1) is 0 Å². The topological polar surface area (TPSA) is 75.7 Å². The third-order valence-corrected chi connectivity index (χ3v) is 2.87. The van der Waals surface area contributed by atoms with E-state index in [2.05, 4.69) is 5.32 Å². The number of benzene rings is 1. The van der Waals surface area contributed by atoms with Crippen molar-refractivity contribution in [2.75, 3.05) is 26.2 Å². The Bertz CT molecular complexity index is 526. The van der Waals surface area contributed by atoms with Gasteiger partial charge in [-0.05, 0) is 19.1 Å². The second kappa shape index (κ2) is 6.29. The number of ether oxygens (including phenoxy) is 1. The Hall–Kier alpha value is -2.21. The van der Waals surface area contributed by atoms with E-state index in [0.717, 1.165) is 0 Å². The van der Waals surface area contributed by atoms with E-state index in [1.165, 1.54) is 4.90 Å². The maximum Gasteiger partial charge on any atom is 0.240 e. The van der Waals surface area contributed by atoms with Crippen molar-refractivity contribution in [2.45, 2.75) is 6.92 Å². The van der Waals surface area contributed by atoms with Gasteiger partial charge in [0.15, 0.2) is 5.78 Å². The van der Waals surface area contributed by atoms with Crippen molar-refractivity contribution in [3.05, 3.63) is 29.8 Å². The number of ketones is 1. The molecular formula is C14H16N2O4. The summed E-state index contributed by atoms with van der Waals surface area (Å²) in [5.41, 5.74) is 0.466. The molecule has 0 unspecified atom stereocenters. The lowest BCUT2D eigenvalue weighted by Gasteiger charge is -2.24. The van der Waals surface area contributed by atoms with Gasteiger partial charge < -0.3 is 4.74 Å². The molecule has 1 heterocycles. The number of piperazine rings is 1. The van der Waals surface area contributed by atoms with E-state index in [1.807, 2.05) is 6.92 Å². The van der Waals surface area contributed by atoms with Gasteiger partial charge in [0.05, 0.1) is 31.8 Å². The van der Waals surface area contributed by atoms with Crippen LogP contribution in [0.3, 0.4) is 0 Å². The number of nitrogens with zero attached hydrogens (tertiary/aromatic N) is 1. The van der Waals surface area contributed by atoms with Crippen molar-refractivity contribution in [3.63, 3.8) is 0 Å². The normalized spacial score (nSPS) is 15.8. The molecular weight excluding hydrogens is 260 g/mol. The second-order valence-electron chi connectivity index (χ2n) is 4.47. The van der Waals surface area contributed by atoms with Gasteiger partial charge in [-0.25, -0.2) is 0 Å². The Morgan fingerprint density at radius 3 is 2.55 bits per heavy atom. The highest BCUT2D eigenvalue weighted by molar-refractivity contribution is 6.02. The third kappa shape index (κ3) is 3.42. The SMILES string of the molecule is CCOc1ccccc1C(=O)CN1CC(=O)NC(=O)C1. The molecule has 0 saturated carbocycles. The molecule has 20 heavy (non-hydrogen) atoms. The van der Waals surface area contributed by atoms with Crippen LogP contribution in [0.5, 0.6) is 5.75 Å². The number of nitrogens with one attached hydrogen (secondary N) is 1. The quantitative estimate of drug-likeness (QED) is 0.615. The first kappa shape index (κ1) is 14.2. The highest BCUT2D eigenvalue weighted by atomic mass is 16.5. The van der Waals surface area contributed by atoms with Gasteiger partial charge >= 0.3 is 0 Å². The summed E-state index contributed by atoms with van der Waals surface area (Å²) in [6, 6.07) is 6.95. The lowest BCUT2D eigenvalue weighted by atomic mass is 10.1. The fourth-order valence-corrected chi connectivity index (χ4v) is 2.08. The monoisotopic (exact) mass is 276 g/mol. The zero-order valence-electron chi connectivity index (χ0n) is 11.2. The van der Waals surface area contributed by atoms with Crippen LogP contribution in [0.15, 0.2) is 24.3 Å². The van der Waals surface area contributed by atoms with Gasteiger partial charge in [-0.2, -0.15) is 0 Å². The zero-order valence-corrected chi connectivity index (χ0v) is 11.2. The van der Waals surface area contributed by atoms with E-state index in [0.29, 0.717) is 17.9 Å². The second-order valence-corrected chi connectivity index (χ2v) is 4.47. The average molecular weight is 276 g/mol. The fourth-order valence-electron chi connectivity index (χ4n) is 2.08. The summed E-state index contributed by atoms with van der Waals surface area (Å²) in [6.07, 6.45) is 0. The first-order valence-corrected chi connectivity index (χ1v) is 6.40. The number of hydrogen-bond donors (Lipinski definition) is 1. The van der Waals surface area contributed by atoms with Gasteiger partial charge in [0.25, 0.3) is 0 Å². The minimum atomic E-state index is -0.382. The number of imide groups is 1. The minimum absolute atomic E-state index is 0.0171. The largest absolute Gasteiger partial charge is 0.493 e. The Labute approximate surface area is 116 Å². The fraction of sp³-hybridized carbons (Fsp3) is 0.357. The van der Waals surface area contributed by atoms with Gasteiger partial charge in [0, 0.05) is 0 Å². The highest BCUT2D eigenvalue weighted by Crippen LogP contribution is 2.19. The molecule has 6 heteroatoms. The van der Waals surface area contributed by atoms with Crippen LogP contribution < -0.4 is 10.1 Å². The lowest BCUT2D eigenvalue weighted by molar-refractivity contribution is -0.135. The van der Waals surface area contributed by atoms with Crippen LogP contribution in [0.4, 0.5) is 0 Å². The van der Waals surface area contributed by atoms with Gasteiger partial charge in [-0.15, -0.1) is 0 Å². The highest BCUT2D eigenvalue weighted by Gasteiger charge is 2.25. The molecule has 0 spiro atoms. The molecule has 1 aliphatic rings. The van der Waals surface area contributed by atoms with Crippen LogP contribution in [0.2, 0.25) is 0 Å².